The molecule has 0 fully saturated rings. The first-order valence-corrected chi connectivity index (χ1v) is 6.02. The Morgan fingerprint density at radius 2 is 2.24 bits per heavy atom. The predicted molar refractivity (Wildman–Crippen MR) is 73.5 cm³/mol. The SMILES string of the molecule is C=C(/C=C\C(Cl)=C/C)c1csc(N)c1C(=O)O. The minimum Gasteiger partial charge on any atom is -0.478 e. The molecule has 17 heavy (non-hydrogen) atoms. The summed E-state index contributed by atoms with van der Waals surface area (Å²) in [5.41, 5.74) is 6.79. The summed E-state index contributed by atoms with van der Waals surface area (Å²) in [4.78, 5) is 11.0. The Morgan fingerprint density at radius 1 is 1.59 bits per heavy atom. The first-order valence-electron chi connectivity index (χ1n) is 4.76. The zero-order valence-corrected chi connectivity index (χ0v) is 10.8. The molecule has 0 saturated carbocycles. The second-order valence-electron chi connectivity index (χ2n) is 3.23. The third-order valence-electron chi connectivity index (χ3n) is 2.10. The van der Waals surface area contributed by atoms with Crippen LogP contribution in [0.2, 0.25) is 0 Å². The highest BCUT2D eigenvalue weighted by Gasteiger charge is 2.17. The van der Waals surface area contributed by atoms with Crippen molar-refractivity contribution >= 4 is 39.5 Å². The van der Waals surface area contributed by atoms with Crippen molar-refractivity contribution in [3.8, 4) is 0 Å². The van der Waals surface area contributed by atoms with Crippen LogP contribution < -0.4 is 5.73 Å². The van der Waals surface area contributed by atoms with E-state index in [1.807, 2.05) is 0 Å². The minimum atomic E-state index is -1.05. The Kier molecular flexibility index (Phi) is 4.54. The van der Waals surface area contributed by atoms with Crippen molar-refractivity contribution in [3.63, 3.8) is 0 Å². The van der Waals surface area contributed by atoms with Crippen LogP contribution in [0.4, 0.5) is 5.00 Å². The smallest absolute Gasteiger partial charge is 0.339 e. The van der Waals surface area contributed by atoms with Crippen molar-refractivity contribution in [1.29, 1.82) is 0 Å². The number of nitrogens with two attached hydrogens (primary N) is 1. The number of carboxylic acids is 1. The molecule has 3 nitrogen and oxygen atoms in total. The highest BCUT2D eigenvalue weighted by Crippen LogP contribution is 2.30. The van der Waals surface area contributed by atoms with Crippen molar-refractivity contribution in [2.24, 2.45) is 0 Å². The lowest BCUT2D eigenvalue weighted by atomic mass is 10.1. The number of nitrogen functional groups attached to an aromatic ring is 1. The molecule has 0 unspecified atom stereocenters. The zero-order valence-electron chi connectivity index (χ0n) is 9.24. The maximum Gasteiger partial charge on any atom is 0.339 e. The fourth-order valence-electron chi connectivity index (χ4n) is 1.20. The molecule has 0 bridgehead atoms. The molecule has 1 heterocycles. The number of anilines is 1. The first-order chi connectivity index (χ1) is 7.97. The van der Waals surface area contributed by atoms with E-state index in [4.69, 9.17) is 22.4 Å². The molecule has 0 atom stereocenters. The van der Waals surface area contributed by atoms with Gasteiger partial charge in [-0.1, -0.05) is 30.3 Å². The van der Waals surface area contributed by atoms with Crippen LogP contribution in [-0.4, -0.2) is 11.1 Å². The van der Waals surface area contributed by atoms with Gasteiger partial charge >= 0.3 is 5.97 Å². The summed E-state index contributed by atoms with van der Waals surface area (Å²) >= 11 is 6.98. The Hall–Kier alpha value is -1.52. The number of hydrogen-bond donors (Lipinski definition) is 2. The molecule has 0 aliphatic heterocycles. The van der Waals surface area contributed by atoms with E-state index in [-0.39, 0.29) is 10.6 Å². The van der Waals surface area contributed by atoms with Crippen molar-refractivity contribution in [3.05, 3.63) is 46.3 Å². The molecule has 0 aromatic carbocycles. The predicted octanol–water partition coefficient (Wildman–Crippen LogP) is 3.74. The van der Waals surface area contributed by atoms with Crippen LogP contribution in [0.15, 0.2) is 35.2 Å². The maximum atomic E-state index is 11.0. The molecule has 0 radical (unpaired) electrons. The van der Waals surface area contributed by atoms with Gasteiger partial charge in [0.2, 0.25) is 0 Å². The van der Waals surface area contributed by atoms with Crippen molar-refractivity contribution in [2.45, 2.75) is 6.92 Å². The second-order valence-corrected chi connectivity index (χ2v) is 4.57. The number of aromatic carboxylic acids is 1. The van der Waals surface area contributed by atoms with Crippen LogP contribution >= 0.6 is 22.9 Å². The normalized spacial score (nSPS) is 12.0. The van der Waals surface area contributed by atoms with Gasteiger partial charge in [0.15, 0.2) is 0 Å². The summed E-state index contributed by atoms with van der Waals surface area (Å²) in [7, 11) is 0. The number of allylic oxidation sites excluding steroid dienone is 5. The second kappa shape index (κ2) is 5.70. The molecule has 0 spiro atoms. The molecule has 1 aromatic heterocycles. The van der Waals surface area contributed by atoms with Gasteiger partial charge in [-0.15, -0.1) is 11.3 Å². The summed E-state index contributed by atoms with van der Waals surface area (Å²) in [6, 6.07) is 0. The molecule has 5 heteroatoms. The molecule has 1 aromatic rings. The number of carbonyl (C=O) groups is 1. The lowest BCUT2D eigenvalue weighted by Crippen LogP contribution is -2.01. The Labute approximate surface area is 109 Å². The van der Waals surface area contributed by atoms with Gasteiger partial charge in [0.1, 0.15) is 10.6 Å². The van der Waals surface area contributed by atoms with Gasteiger partial charge in [0.05, 0.1) is 0 Å². The van der Waals surface area contributed by atoms with E-state index >= 15 is 0 Å². The van der Waals surface area contributed by atoms with E-state index in [1.54, 1.807) is 30.5 Å². The van der Waals surface area contributed by atoms with E-state index in [9.17, 15) is 4.79 Å². The minimum absolute atomic E-state index is 0.0984. The molecule has 0 saturated heterocycles. The van der Waals surface area contributed by atoms with Crippen molar-refractivity contribution in [1.82, 2.24) is 0 Å². The van der Waals surface area contributed by atoms with Crippen LogP contribution in [0.3, 0.4) is 0 Å². The van der Waals surface area contributed by atoms with Gasteiger partial charge < -0.3 is 10.8 Å². The molecular weight excluding hydrogens is 258 g/mol. The first kappa shape index (κ1) is 13.5. The zero-order chi connectivity index (χ0) is 13.0. The van der Waals surface area contributed by atoms with Crippen LogP contribution in [0.5, 0.6) is 0 Å². The van der Waals surface area contributed by atoms with Crippen LogP contribution in [0.25, 0.3) is 5.57 Å². The monoisotopic (exact) mass is 269 g/mol. The summed E-state index contributed by atoms with van der Waals surface area (Å²) in [6.07, 6.45) is 5.05. The fraction of sp³-hybridized carbons (Fsp3) is 0.0833. The van der Waals surface area contributed by atoms with Gasteiger partial charge in [-0.05, 0) is 18.6 Å². The maximum absolute atomic E-state index is 11.0. The average molecular weight is 270 g/mol. The summed E-state index contributed by atoms with van der Waals surface area (Å²) in [5.74, 6) is -1.05. The van der Waals surface area contributed by atoms with Crippen LogP contribution in [0, 0.1) is 0 Å². The van der Waals surface area contributed by atoms with E-state index in [2.05, 4.69) is 6.58 Å². The van der Waals surface area contributed by atoms with Gasteiger partial charge in [-0.2, -0.15) is 0 Å². The van der Waals surface area contributed by atoms with Crippen LogP contribution in [-0.2, 0) is 0 Å². The van der Waals surface area contributed by atoms with E-state index in [1.165, 1.54) is 11.3 Å². The third kappa shape index (κ3) is 3.22. The van der Waals surface area contributed by atoms with Gasteiger partial charge in [-0.25, -0.2) is 4.79 Å². The topological polar surface area (TPSA) is 63.3 Å². The summed E-state index contributed by atoms with van der Waals surface area (Å²) in [6.45, 7) is 5.61. The summed E-state index contributed by atoms with van der Waals surface area (Å²) in [5, 5.41) is 11.5. The average Bonchev–Trinajstić information content (AvgIpc) is 2.67. The quantitative estimate of drug-likeness (QED) is 0.819. The number of rotatable bonds is 4. The van der Waals surface area contributed by atoms with E-state index < -0.39 is 5.97 Å². The number of carboxylic acid groups (broad SMARTS) is 1. The largest absolute Gasteiger partial charge is 0.478 e. The highest BCUT2D eigenvalue weighted by atomic mass is 35.5. The van der Waals surface area contributed by atoms with Crippen molar-refractivity contribution < 1.29 is 9.90 Å². The molecule has 0 aliphatic carbocycles. The Bertz CT molecular complexity index is 515. The van der Waals surface area contributed by atoms with E-state index in [0.29, 0.717) is 16.2 Å². The summed E-state index contributed by atoms with van der Waals surface area (Å²) < 4.78 is 0. The molecular formula is C12H12ClNO2S. The van der Waals surface area contributed by atoms with Gasteiger partial charge in [-0.3, -0.25) is 0 Å². The third-order valence-corrected chi connectivity index (χ3v) is 3.25. The van der Waals surface area contributed by atoms with Gasteiger partial charge in [0.25, 0.3) is 0 Å². The lowest BCUT2D eigenvalue weighted by Gasteiger charge is -2.00. The van der Waals surface area contributed by atoms with E-state index in [0.717, 1.165) is 0 Å². The Balaban J connectivity index is 3.06. The number of hydrogen-bond acceptors (Lipinski definition) is 3. The number of halogens is 1. The van der Waals surface area contributed by atoms with Crippen LogP contribution in [0.1, 0.15) is 22.8 Å². The molecule has 1 rings (SSSR count). The highest BCUT2D eigenvalue weighted by molar-refractivity contribution is 7.14. The molecule has 90 valence electrons. The van der Waals surface area contributed by atoms with Crippen molar-refractivity contribution in [2.75, 3.05) is 5.73 Å². The molecule has 3 N–H and O–H groups in total. The lowest BCUT2D eigenvalue weighted by molar-refractivity contribution is 0.0698. The molecule has 0 amide bonds. The Morgan fingerprint density at radius 3 is 2.76 bits per heavy atom. The molecule has 0 aliphatic rings. The standard InChI is InChI=1S/C12H12ClNO2S/c1-3-8(13)5-4-7(2)9-6-17-11(14)10(9)12(15)16/h3-6H,2,14H2,1H3,(H,15,16)/b5-4-,8-3+. The number of thiophene rings is 1. The van der Waals surface area contributed by atoms with Gasteiger partial charge in [0, 0.05) is 16.0 Å². The fourth-order valence-corrected chi connectivity index (χ4v) is 2.09.